The van der Waals surface area contributed by atoms with Gasteiger partial charge < -0.3 is 14.3 Å². The highest BCUT2D eigenvalue weighted by molar-refractivity contribution is 5.50. The van der Waals surface area contributed by atoms with Crippen LogP contribution < -0.4 is 0 Å². The van der Waals surface area contributed by atoms with E-state index in [9.17, 15) is 4.79 Å². The average molecular weight is 184 g/mol. The van der Waals surface area contributed by atoms with Crippen molar-refractivity contribution in [2.45, 2.75) is 31.5 Å². The van der Waals surface area contributed by atoms with Crippen LogP contribution in [0.4, 0.5) is 0 Å². The van der Waals surface area contributed by atoms with Crippen LogP contribution in [0.25, 0.3) is 0 Å². The van der Waals surface area contributed by atoms with Crippen molar-refractivity contribution in [3.05, 3.63) is 12.7 Å². The van der Waals surface area contributed by atoms with Gasteiger partial charge >= 0.3 is 0 Å². The summed E-state index contributed by atoms with van der Waals surface area (Å²) in [5, 5.41) is 0. The number of hydrogen-bond donors (Lipinski definition) is 0. The van der Waals surface area contributed by atoms with Crippen molar-refractivity contribution < 1.29 is 14.3 Å². The molecule has 1 rings (SSSR count). The van der Waals surface area contributed by atoms with E-state index in [1.165, 1.54) is 0 Å². The van der Waals surface area contributed by atoms with E-state index in [0.717, 1.165) is 32.2 Å². The van der Waals surface area contributed by atoms with E-state index in [1.54, 1.807) is 6.08 Å². The third-order valence-corrected chi connectivity index (χ3v) is 2.16. The summed E-state index contributed by atoms with van der Waals surface area (Å²) in [4.78, 5) is 10.1. The number of carbonyl (C=O) groups is 1. The predicted octanol–water partition coefficient (Wildman–Crippen LogP) is 1.33. The van der Waals surface area contributed by atoms with E-state index in [4.69, 9.17) is 9.47 Å². The normalized spacial score (nSPS) is 24.2. The number of hydrogen-bond acceptors (Lipinski definition) is 3. The Morgan fingerprint density at radius 1 is 1.69 bits per heavy atom. The molecule has 13 heavy (non-hydrogen) atoms. The number of ether oxygens (including phenoxy) is 2. The Morgan fingerprint density at radius 3 is 3.08 bits per heavy atom. The van der Waals surface area contributed by atoms with Gasteiger partial charge in [0.1, 0.15) is 12.9 Å². The molecular weight excluding hydrogens is 168 g/mol. The summed E-state index contributed by atoms with van der Waals surface area (Å²) in [6, 6.07) is 0. The Bertz CT molecular complexity index is 162. The molecule has 1 heterocycles. The lowest BCUT2D eigenvalue weighted by atomic mass is 10.1. The maximum Gasteiger partial charge on any atom is 0.145 e. The summed E-state index contributed by atoms with van der Waals surface area (Å²) in [6.45, 7) is 4.62. The molecule has 0 aromatic heterocycles. The summed E-state index contributed by atoms with van der Waals surface area (Å²) in [6.07, 6.45) is 5.59. The molecule has 0 radical (unpaired) electrons. The van der Waals surface area contributed by atoms with Crippen LogP contribution in [-0.4, -0.2) is 31.7 Å². The molecule has 0 spiro atoms. The Hall–Kier alpha value is -0.670. The van der Waals surface area contributed by atoms with Gasteiger partial charge in [0, 0.05) is 6.61 Å². The van der Waals surface area contributed by atoms with Crippen molar-refractivity contribution >= 4 is 6.29 Å². The second kappa shape index (κ2) is 5.89. The van der Waals surface area contributed by atoms with Crippen molar-refractivity contribution in [1.82, 2.24) is 0 Å². The Kier molecular flexibility index (Phi) is 4.72. The Balaban J connectivity index is 2.34. The third-order valence-electron chi connectivity index (χ3n) is 2.16. The molecule has 0 unspecified atom stereocenters. The molecule has 0 aliphatic carbocycles. The van der Waals surface area contributed by atoms with E-state index < -0.39 is 0 Å². The smallest absolute Gasteiger partial charge is 0.145 e. The molecule has 0 bridgehead atoms. The minimum Gasteiger partial charge on any atom is -0.376 e. The second-order valence-electron chi connectivity index (χ2n) is 3.11. The van der Waals surface area contributed by atoms with Crippen molar-refractivity contribution in [1.29, 1.82) is 0 Å². The van der Waals surface area contributed by atoms with Crippen molar-refractivity contribution in [3.63, 3.8) is 0 Å². The molecule has 3 heteroatoms. The van der Waals surface area contributed by atoms with Crippen molar-refractivity contribution in [3.8, 4) is 0 Å². The van der Waals surface area contributed by atoms with Crippen LogP contribution >= 0.6 is 0 Å². The second-order valence-corrected chi connectivity index (χ2v) is 3.11. The first-order chi connectivity index (χ1) is 6.38. The number of rotatable bonds is 6. The van der Waals surface area contributed by atoms with Crippen LogP contribution in [0.2, 0.25) is 0 Å². The molecule has 0 N–H and O–H groups in total. The third kappa shape index (κ3) is 3.28. The molecule has 0 aromatic rings. The van der Waals surface area contributed by atoms with Gasteiger partial charge in [0.25, 0.3) is 0 Å². The van der Waals surface area contributed by atoms with Crippen LogP contribution in [0.1, 0.15) is 19.3 Å². The van der Waals surface area contributed by atoms with Crippen LogP contribution in [-0.2, 0) is 14.3 Å². The molecule has 0 amide bonds. The lowest BCUT2D eigenvalue weighted by Crippen LogP contribution is -2.28. The summed E-state index contributed by atoms with van der Waals surface area (Å²) in [5.74, 6) is 0. The fraction of sp³-hybridized carbons (Fsp3) is 0.700. The van der Waals surface area contributed by atoms with Gasteiger partial charge in [0.2, 0.25) is 0 Å². The van der Waals surface area contributed by atoms with Gasteiger partial charge in [-0.2, -0.15) is 0 Å². The van der Waals surface area contributed by atoms with Gasteiger partial charge in [-0.25, -0.2) is 0 Å². The zero-order valence-corrected chi connectivity index (χ0v) is 7.78. The van der Waals surface area contributed by atoms with Gasteiger partial charge in [0.15, 0.2) is 0 Å². The van der Waals surface area contributed by atoms with Crippen molar-refractivity contribution in [2.75, 3.05) is 13.2 Å². The molecule has 1 aliphatic heterocycles. The molecule has 0 saturated carbocycles. The highest BCUT2D eigenvalue weighted by Gasteiger charge is 2.25. The minimum absolute atomic E-state index is 0.00481. The number of carbonyl (C=O) groups excluding carboxylic acids is 1. The standard InChI is InChI=1S/C10H16O3/c1-2-4-9(13-8-6-11)10-5-3-7-12-10/h2,6,9-10H,1,3-5,7-8H2/t9-,10+/m1/s1. The molecule has 74 valence electrons. The van der Waals surface area contributed by atoms with E-state index in [2.05, 4.69) is 6.58 Å². The van der Waals surface area contributed by atoms with Gasteiger partial charge in [-0.05, 0) is 19.3 Å². The van der Waals surface area contributed by atoms with Crippen LogP contribution in [0.3, 0.4) is 0 Å². The van der Waals surface area contributed by atoms with Gasteiger partial charge in [0.05, 0.1) is 12.2 Å². The van der Waals surface area contributed by atoms with Gasteiger partial charge in [-0.1, -0.05) is 6.08 Å². The van der Waals surface area contributed by atoms with Crippen LogP contribution in [0.5, 0.6) is 0 Å². The lowest BCUT2D eigenvalue weighted by Gasteiger charge is -2.20. The van der Waals surface area contributed by atoms with Gasteiger partial charge in [-0.15, -0.1) is 6.58 Å². The molecule has 1 aliphatic rings. The maximum atomic E-state index is 10.1. The summed E-state index contributed by atoms with van der Waals surface area (Å²) >= 11 is 0. The SMILES string of the molecule is C=CC[C@@H](OCC=O)[C@@H]1CCCO1. The summed E-state index contributed by atoms with van der Waals surface area (Å²) in [5.41, 5.74) is 0. The number of aldehydes is 1. The summed E-state index contributed by atoms with van der Waals surface area (Å²) < 4.78 is 10.8. The largest absolute Gasteiger partial charge is 0.376 e. The van der Waals surface area contributed by atoms with Crippen LogP contribution in [0.15, 0.2) is 12.7 Å². The fourth-order valence-electron chi connectivity index (χ4n) is 1.55. The van der Waals surface area contributed by atoms with E-state index in [-0.39, 0.29) is 18.8 Å². The average Bonchev–Trinajstić information content (AvgIpc) is 2.65. The zero-order chi connectivity index (χ0) is 9.52. The van der Waals surface area contributed by atoms with E-state index >= 15 is 0 Å². The molecule has 1 saturated heterocycles. The maximum absolute atomic E-state index is 10.1. The van der Waals surface area contributed by atoms with Crippen LogP contribution in [0, 0.1) is 0 Å². The van der Waals surface area contributed by atoms with E-state index in [0.29, 0.717) is 0 Å². The zero-order valence-electron chi connectivity index (χ0n) is 7.78. The predicted molar refractivity (Wildman–Crippen MR) is 49.6 cm³/mol. The lowest BCUT2D eigenvalue weighted by molar-refractivity contribution is -0.117. The molecule has 0 aromatic carbocycles. The first kappa shape index (κ1) is 10.4. The van der Waals surface area contributed by atoms with Crippen molar-refractivity contribution in [2.24, 2.45) is 0 Å². The Labute approximate surface area is 78.7 Å². The molecule has 3 nitrogen and oxygen atoms in total. The highest BCUT2D eigenvalue weighted by atomic mass is 16.5. The molecule has 1 fully saturated rings. The Morgan fingerprint density at radius 2 is 2.54 bits per heavy atom. The quantitative estimate of drug-likeness (QED) is 0.461. The fourth-order valence-corrected chi connectivity index (χ4v) is 1.55. The molecule has 2 atom stereocenters. The molecular formula is C10H16O3. The monoisotopic (exact) mass is 184 g/mol. The minimum atomic E-state index is 0.00481. The first-order valence-corrected chi connectivity index (χ1v) is 4.66. The highest BCUT2D eigenvalue weighted by Crippen LogP contribution is 2.20. The van der Waals surface area contributed by atoms with E-state index in [1.807, 2.05) is 0 Å². The topological polar surface area (TPSA) is 35.5 Å². The van der Waals surface area contributed by atoms with Gasteiger partial charge in [-0.3, -0.25) is 0 Å². The summed E-state index contributed by atoms with van der Waals surface area (Å²) in [7, 11) is 0. The first-order valence-electron chi connectivity index (χ1n) is 4.66.